The number of unbranched alkanes of at least 4 members (excludes halogenated alkanes) is 1. The van der Waals surface area contributed by atoms with Gasteiger partial charge in [-0.05, 0) is 41.0 Å². The quantitative estimate of drug-likeness (QED) is 0.370. The Bertz CT molecular complexity index is 976. The lowest BCUT2D eigenvalue weighted by Gasteiger charge is -2.20. The third kappa shape index (κ3) is 7.57. The summed E-state index contributed by atoms with van der Waals surface area (Å²) in [6, 6.07) is 16.1. The number of nitrogens with one attached hydrogen (secondary N) is 2. The van der Waals surface area contributed by atoms with Gasteiger partial charge in [0.15, 0.2) is 0 Å². The molecule has 2 aromatic rings. The number of hydrogen-bond donors (Lipinski definition) is 3. The van der Waals surface area contributed by atoms with Gasteiger partial charge in [-0.1, -0.05) is 75.2 Å². The summed E-state index contributed by atoms with van der Waals surface area (Å²) in [7, 11) is 0. The second-order valence-electron chi connectivity index (χ2n) is 9.35. The van der Waals surface area contributed by atoms with E-state index in [1.54, 1.807) is 0 Å². The van der Waals surface area contributed by atoms with Crippen LogP contribution in [0.1, 0.15) is 69.4 Å². The maximum Gasteiger partial charge on any atom is 0.407 e. The van der Waals surface area contributed by atoms with Crippen LogP contribution in [-0.2, 0) is 14.3 Å². The molecule has 7 heteroatoms. The maximum atomic E-state index is 12.7. The number of benzene rings is 2. The number of aliphatic carboxylic acids is 1. The number of hydrogen-bond acceptors (Lipinski definition) is 4. The van der Waals surface area contributed by atoms with E-state index < -0.39 is 12.1 Å². The molecule has 0 bridgehead atoms. The molecule has 0 radical (unpaired) electrons. The summed E-state index contributed by atoms with van der Waals surface area (Å²) in [5.41, 5.74) is 4.65. The molecule has 3 rings (SSSR count). The molecule has 0 saturated heterocycles. The van der Waals surface area contributed by atoms with Crippen LogP contribution in [0.4, 0.5) is 4.79 Å². The van der Waals surface area contributed by atoms with Crippen molar-refractivity contribution in [2.24, 2.45) is 5.92 Å². The summed E-state index contributed by atoms with van der Waals surface area (Å²) in [4.78, 5) is 35.8. The van der Waals surface area contributed by atoms with Gasteiger partial charge in [0.25, 0.3) is 0 Å². The van der Waals surface area contributed by atoms with E-state index in [0.717, 1.165) is 24.0 Å². The minimum Gasteiger partial charge on any atom is -0.481 e. The van der Waals surface area contributed by atoms with E-state index in [2.05, 4.69) is 41.8 Å². The van der Waals surface area contributed by atoms with Crippen LogP contribution in [0, 0.1) is 5.92 Å². The van der Waals surface area contributed by atoms with Crippen molar-refractivity contribution in [3.8, 4) is 11.1 Å². The molecule has 0 heterocycles. The van der Waals surface area contributed by atoms with Gasteiger partial charge in [-0.15, -0.1) is 0 Å². The van der Waals surface area contributed by atoms with Crippen LogP contribution in [-0.4, -0.2) is 42.3 Å². The molecule has 2 unspecified atom stereocenters. The Labute approximate surface area is 207 Å². The zero-order chi connectivity index (χ0) is 25.2. The molecule has 0 saturated carbocycles. The molecule has 0 aliphatic heterocycles. The monoisotopic (exact) mass is 480 g/mol. The van der Waals surface area contributed by atoms with Crippen LogP contribution >= 0.6 is 0 Å². The lowest BCUT2D eigenvalue weighted by Crippen LogP contribution is -2.40. The Balaban J connectivity index is 1.52. The number of amides is 2. The van der Waals surface area contributed by atoms with Crippen molar-refractivity contribution >= 4 is 18.0 Å². The van der Waals surface area contributed by atoms with Gasteiger partial charge >= 0.3 is 12.1 Å². The Morgan fingerprint density at radius 3 is 2.23 bits per heavy atom. The zero-order valence-corrected chi connectivity index (χ0v) is 20.6. The molecule has 2 amide bonds. The molecular formula is C28H36N2O5. The standard InChI is InChI=1S/C28H36N2O5/c1-3-4-9-20(16-26(31)29-17-19(2)14-15-27(32)33)30-28(34)35-18-25-23-12-7-5-10-21(23)22-11-6-8-13-24(22)25/h5-8,10-13,19-20,25H,3-4,9,14-18H2,1-2H3,(H,29,31)(H,30,34)(H,32,33). The van der Waals surface area contributed by atoms with Crippen LogP contribution in [0.5, 0.6) is 0 Å². The number of carboxylic acid groups (broad SMARTS) is 1. The number of alkyl carbamates (subject to hydrolysis) is 1. The zero-order valence-electron chi connectivity index (χ0n) is 20.6. The largest absolute Gasteiger partial charge is 0.481 e. The highest BCUT2D eigenvalue weighted by molar-refractivity contribution is 5.79. The Morgan fingerprint density at radius 2 is 1.63 bits per heavy atom. The fourth-order valence-corrected chi connectivity index (χ4v) is 4.54. The lowest BCUT2D eigenvalue weighted by molar-refractivity contribution is -0.137. The first-order valence-electron chi connectivity index (χ1n) is 12.5. The van der Waals surface area contributed by atoms with Crippen molar-refractivity contribution in [2.75, 3.05) is 13.2 Å². The van der Waals surface area contributed by atoms with Crippen molar-refractivity contribution < 1.29 is 24.2 Å². The molecule has 2 aromatic carbocycles. The highest BCUT2D eigenvalue weighted by Gasteiger charge is 2.29. The number of ether oxygens (including phenoxy) is 1. The van der Waals surface area contributed by atoms with Gasteiger partial charge in [-0.25, -0.2) is 4.79 Å². The minimum absolute atomic E-state index is 0.0159. The van der Waals surface area contributed by atoms with Gasteiger partial charge < -0.3 is 20.5 Å². The molecule has 0 fully saturated rings. The summed E-state index contributed by atoms with van der Waals surface area (Å²) in [5, 5.41) is 14.5. The number of rotatable bonds is 13. The Kier molecular flexibility index (Phi) is 9.70. The first-order chi connectivity index (χ1) is 16.9. The topological polar surface area (TPSA) is 105 Å². The van der Waals surface area contributed by atoms with E-state index in [1.165, 1.54) is 11.1 Å². The third-order valence-electron chi connectivity index (χ3n) is 6.50. The molecule has 7 nitrogen and oxygen atoms in total. The van der Waals surface area contributed by atoms with Gasteiger partial charge in [0.05, 0.1) is 0 Å². The molecule has 3 N–H and O–H groups in total. The van der Waals surface area contributed by atoms with E-state index in [0.29, 0.717) is 19.4 Å². The molecular weight excluding hydrogens is 444 g/mol. The first kappa shape index (κ1) is 26.3. The average Bonchev–Trinajstić information content (AvgIpc) is 3.17. The van der Waals surface area contributed by atoms with Gasteiger partial charge in [0.2, 0.25) is 5.91 Å². The number of fused-ring (bicyclic) bond motifs is 3. The molecule has 188 valence electrons. The van der Waals surface area contributed by atoms with E-state index in [4.69, 9.17) is 9.84 Å². The minimum atomic E-state index is -0.838. The van der Waals surface area contributed by atoms with Crippen molar-refractivity contribution in [3.05, 3.63) is 59.7 Å². The van der Waals surface area contributed by atoms with Crippen molar-refractivity contribution in [1.82, 2.24) is 10.6 Å². The number of carbonyl (C=O) groups excluding carboxylic acids is 2. The predicted octanol–water partition coefficient (Wildman–Crippen LogP) is 5.09. The molecule has 1 aliphatic rings. The van der Waals surface area contributed by atoms with Gasteiger partial charge in [-0.3, -0.25) is 9.59 Å². The normalized spacial score (nSPS) is 13.9. The molecule has 1 aliphatic carbocycles. The van der Waals surface area contributed by atoms with Gasteiger partial charge in [-0.2, -0.15) is 0 Å². The first-order valence-corrected chi connectivity index (χ1v) is 12.5. The van der Waals surface area contributed by atoms with E-state index in [1.807, 2.05) is 31.2 Å². The molecule has 2 atom stereocenters. The summed E-state index contributed by atoms with van der Waals surface area (Å²) >= 11 is 0. The van der Waals surface area contributed by atoms with Crippen LogP contribution in [0.2, 0.25) is 0 Å². The van der Waals surface area contributed by atoms with E-state index in [9.17, 15) is 14.4 Å². The number of carbonyl (C=O) groups is 3. The molecule has 0 aromatic heterocycles. The third-order valence-corrected chi connectivity index (χ3v) is 6.50. The maximum absolute atomic E-state index is 12.7. The summed E-state index contributed by atoms with van der Waals surface area (Å²) in [5.74, 6) is -0.945. The molecule has 0 spiro atoms. The van der Waals surface area contributed by atoms with Crippen LogP contribution in [0.25, 0.3) is 11.1 Å². The summed E-state index contributed by atoms with van der Waals surface area (Å²) < 4.78 is 5.65. The Hall–Kier alpha value is -3.35. The average molecular weight is 481 g/mol. The van der Waals surface area contributed by atoms with Crippen molar-refractivity contribution in [1.29, 1.82) is 0 Å². The van der Waals surface area contributed by atoms with E-state index in [-0.39, 0.29) is 43.2 Å². The number of carboxylic acids is 1. The van der Waals surface area contributed by atoms with Crippen molar-refractivity contribution in [2.45, 2.75) is 64.3 Å². The van der Waals surface area contributed by atoms with Crippen LogP contribution < -0.4 is 10.6 Å². The van der Waals surface area contributed by atoms with Crippen LogP contribution in [0.3, 0.4) is 0 Å². The van der Waals surface area contributed by atoms with Gasteiger partial charge in [0, 0.05) is 31.3 Å². The molecule has 35 heavy (non-hydrogen) atoms. The highest BCUT2D eigenvalue weighted by Crippen LogP contribution is 2.44. The summed E-state index contributed by atoms with van der Waals surface area (Å²) in [6.45, 7) is 4.62. The van der Waals surface area contributed by atoms with Crippen LogP contribution in [0.15, 0.2) is 48.5 Å². The smallest absolute Gasteiger partial charge is 0.407 e. The fourth-order valence-electron chi connectivity index (χ4n) is 4.54. The second kappa shape index (κ2) is 12.9. The van der Waals surface area contributed by atoms with Gasteiger partial charge in [0.1, 0.15) is 6.61 Å². The summed E-state index contributed by atoms with van der Waals surface area (Å²) in [6.07, 6.45) is 2.76. The van der Waals surface area contributed by atoms with E-state index >= 15 is 0 Å². The highest BCUT2D eigenvalue weighted by atomic mass is 16.5. The second-order valence-corrected chi connectivity index (χ2v) is 9.35. The SMILES string of the molecule is CCCCC(CC(=O)NCC(C)CCC(=O)O)NC(=O)OCC1c2ccccc2-c2ccccc21. The Morgan fingerprint density at radius 1 is 1.00 bits per heavy atom. The fraction of sp³-hybridized carbons (Fsp3) is 0.464. The lowest BCUT2D eigenvalue weighted by atomic mass is 9.98. The van der Waals surface area contributed by atoms with Crippen molar-refractivity contribution in [3.63, 3.8) is 0 Å². The predicted molar refractivity (Wildman–Crippen MR) is 135 cm³/mol.